The average molecular weight is 268 g/mol. The van der Waals surface area contributed by atoms with E-state index in [1.54, 1.807) is 0 Å². The van der Waals surface area contributed by atoms with E-state index in [-0.39, 0.29) is 6.10 Å². The Morgan fingerprint density at radius 1 is 1.26 bits per heavy atom. The average Bonchev–Trinajstić information content (AvgIpc) is 2.31. The molecule has 0 heterocycles. The molecule has 0 unspecified atom stereocenters. The molecule has 2 saturated carbocycles. The van der Waals surface area contributed by atoms with Gasteiger partial charge in [0, 0.05) is 19.6 Å². The molecule has 0 spiro atoms. The monoisotopic (exact) mass is 268 g/mol. The van der Waals surface area contributed by atoms with Crippen LogP contribution < -0.4 is 5.32 Å². The maximum absolute atomic E-state index is 9.39. The van der Waals surface area contributed by atoms with Crippen molar-refractivity contribution in [1.82, 2.24) is 10.2 Å². The van der Waals surface area contributed by atoms with Crippen LogP contribution in [0.5, 0.6) is 0 Å². The second kappa shape index (κ2) is 6.55. The van der Waals surface area contributed by atoms with E-state index in [0.717, 1.165) is 37.8 Å². The molecule has 112 valence electrons. The Morgan fingerprint density at radius 3 is 2.42 bits per heavy atom. The maximum Gasteiger partial charge on any atom is 0.0546 e. The third kappa shape index (κ3) is 4.17. The Balaban J connectivity index is 1.81. The molecule has 0 aliphatic heterocycles. The fourth-order valence-corrected chi connectivity index (χ4v) is 4.07. The van der Waals surface area contributed by atoms with Gasteiger partial charge in [0.1, 0.15) is 0 Å². The van der Waals surface area contributed by atoms with E-state index in [1.807, 2.05) is 0 Å². The molecule has 0 saturated heterocycles. The first-order chi connectivity index (χ1) is 9.03. The summed E-state index contributed by atoms with van der Waals surface area (Å²) in [6.45, 7) is 5.92. The molecule has 0 aromatic carbocycles. The van der Waals surface area contributed by atoms with Gasteiger partial charge in [-0.1, -0.05) is 19.8 Å². The highest BCUT2D eigenvalue weighted by Gasteiger charge is 2.36. The third-order valence-corrected chi connectivity index (χ3v) is 5.27. The fourth-order valence-electron chi connectivity index (χ4n) is 4.07. The molecule has 2 aliphatic rings. The van der Waals surface area contributed by atoms with Gasteiger partial charge in [-0.25, -0.2) is 0 Å². The third-order valence-electron chi connectivity index (χ3n) is 5.27. The van der Waals surface area contributed by atoms with Crippen LogP contribution in [0.2, 0.25) is 0 Å². The molecule has 2 rings (SSSR count). The molecule has 0 radical (unpaired) electrons. The van der Waals surface area contributed by atoms with Crippen LogP contribution in [0, 0.1) is 17.3 Å². The van der Waals surface area contributed by atoms with Gasteiger partial charge in [-0.15, -0.1) is 0 Å². The van der Waals surface area contributed by atoms with Crippen molar-refractivity contribution in [1.29, 1.82) is 0 Å². The number of aliphatic hydroxyl groups is 1. The summed E-state index contributed by atoms with van der Waals surface area (Å²) in [5, 5.41) is 12.8. The minimum atomic E-state index is -0.0137. The summed E-state index contributed by atoms with van der Waals surface area (Å²) >= 11 is 0. The highest BCUT2D eigenvalue weighted by Crippen LogP contribution is 2.39. The lowest BCUT2D eigenvalue weighted by molar-refractivity contribution is 0.0166. The summed E-state index contributed by atoms with van der Waals surface area (Å²) < 4.78 is 0. The Bertz CT molecular complexity index is 268. The van der Waals surface area contributed by atoms with E-state index in [1.165, 1.54) is 32.2 Å². The van der Waals surface area contributed by atoms with E-state index in [9.17, 15) is 5.11 Å². The van der Waals surface area contributed by atoms with Crippen molar-refractivity contribution in [3.63, 3.8) is 0 Å². The molecule has 3 nitrogen and oxygen atoms in total. The Kier molecular flexibility index (Phi) is 5.27. The zero-order valence-electron chi connectivity index (χ0n) is 13.0. The Morgan fingerprint density at radius 2 is 1.89 bits per heavy atom. The molecule has 3 heteroatoms. The normalized spacial score (nSPS) is 39.3. The van der Waals surface area contributed by atoms with Crippen LogP contribution in [0.1, 0.15) is 45.4 Å². The first-order valence-corrected chi connectivity index (χ1v) is 8.04. The van der Waals surface area contributed by atoms with Crippen LogP contribution >= 0.6 is 0 Å². The van der Waals surface area contributed by atoms with Gasteiger partial charge in [0.15, 0.2) is 0 Å². The Hall–Kier alpha value is -0.120. The molecule has 2 N–H and O–H groups in total. The summed E-state index contributed by atoms with van der Waals surface area (Å²) in [6, 6.07) is 0. The van der Waals surface area contributed by atoms with Crippen LogP contribution in [0.15, 0.2) is 0 Å². The number of nitrogens with zero attached hydrogens (tertiary/aromatic N) is 1. The smallest absolute Gasteiger partial charge is 0.0546 e. The van der Waals surface area contributed by atoms with Crippen molar-refractivity contribution >= 4 is 0 Å². The highest BCUT2D eigenvalue weighted by atomic mass is 16.3. The summed E-state index contributed by atoms with van der Waals surface area (Å²) in [4.78, 5) is 2.52. The Labute approximate surface area is 118 Å². The lowest BCUT2D eigenvalue weighted by Gasteiger charge is -2.43. The summed E-state index contributed by atoms with van der Waals surface area (Å²) in [6.07, 6.45) is 7.52. The molecular weight excluding hydrogens is 236 g/mol. The van der Waals surface area contributed by atoms with Crippen LogP contribution in [0.25, 0.3) is 0 Å². The van der Waals surface area contributed by atoms with E-state index in [4.69, 9.17) is 0 Å². The summed E-state index contributed by atoms with van der Waals surface area (Å²) in [5.41, 5.74) is 0.484. The number of nitrogens with one attached hydrogen (secondary N) is 1. The summed E-state index contributed by atoms with van der Waals surface area (Å²) in [7, 11) is 4.35. The second-order valence-electron chi connectivity index (χ2n) is 7.40. The zero-order valence-corrected chi connectivity index (χ0v) is 13.0. The quantitative estimate of drug-likeness (QED) is 0.774. The molecule has 0 aromatic rings. The first kappa shape index (κ1) is 15.3. The molecule has 2 fully saturated rings. The molecular formula is C16H32N2O. The number of hydrogen-bond donors (Lipinski definition) is 2. The van der Waals surface area contributed by atoms with Gasteiger partial charge in [-0.3, -0.25) is 0 Å². The van der Waals surface area contributed by atoms with Crippen molar-refractivity contribution in [2.45, 2.75) is 51.6 Å². The first-order valence-electron chi connectivity index (χ1n) is 8.04. The molecule has 0 bridgehead atoms. The van der Waals surface area contributed by atoms with Crippen molar-refractivity contribution in [2.75, 3.05) is 33.7 Å². The lowest BCUT2D eigenvalue weighted by Crippen LogP contribution is -2.47. The van der Waals surface area contributed by atoms with E-state index >= 15 is 0 Å². The fraction of sp³-hybridized carbons (Fsp3) is 1.00. The van der Waals surface area contributed by atoms with Gasteiger partial charge in [0.05, 0.1) is 6.10 Å². The standard InChI is InChI=1S/C16H32N2O/c1-13-4-6-16(7-5-13,11-17-2)12-18(3)10-14-8-15(19)9-14/h13-15,17,19H,4-12H2,1-3H3. The van der Waals surface area contributed by atoms with Gasteiger partial charge < -0.3 is 15.3 Å². The molecule has 19 heavy (non-hydrogen) atoms. The van der Waals surface area contributed by atoms with Crippen LogP contribution in [0.4, 0.5) is 0 Å². The second-order valence-corrected chi connectivity index (χ2v) is 7.40. The predicted molar refractivity (Wildman–Crippen MR) is 80.2 cm³/mol. The number of rotatable bonds is 6. The largest absolute Gasteiger partial charge is 0.393 e. The van der Waals surface area contributed by atoms with Crippen LogP contribution in [0.3, 0.4) is 0 Å². The van der Waals surface area contributed by atoms with Gasteiger partial charge in [0.25, 0.3) is 0 Å². The lowest BCUT2D eigenvalue weighted by atomic mass is 9.70. The van der Waals surface area contributed by atoms with Gasteiger partial charge in [-0.05, 0) is 57.0 Å². The van der Waals surface area contributed by atoms with E-state index < -0.39 is 0 Å². The minimum absolute atomic E-state index is 0.0137. The van der Waals surface area contributed by atoms with Crippen molar-refractivity contribution in [2.24, 2.45) is 17.3 Å². The summed E-state index contributed by atoms with van der Waals surface area (Å²) in [5.74, 6) is 1.64. The molecule has 0 aromatic heterocycles. The van der Waals surface area contributed by atoms with Gasteiger partial charge in [0.2, 0.25) is 0 Å². The van der Waals surface area contributed by atoms with Gasteiger partial charge >= 0.3 is 0 Å². The van der Waals surface area contributed by atoms with Crippen LogP contribution in [-0.2, 0) is 0 Å². The number of hydrogen-bond acceptors (Lipinski definition) is 3. The van der Waals surface area contributed by atoms with E-state index in [2.05, 4.69) is 31.2 Å². The van der Waals surface area contributed by atoms with Crippen LogP contribution in [-0.4, -0.2) is 49.8 Å². The van der Waals surface area contributed by atoms with Crippen molar-refractivity contribution < 1.29 is 5.11 Å². The molecule has 2 aliphatic carbocycles. The maximum atomic E-state index is 9.39. The minimum Gasteiger partial charge on any atom is -0.393 e. The van der Waals surface area contributed by atoms with Crippen molar-refractivity contribution in [3.05, 3.63) is 0 Å². The van der Waals surface area contributed by atoms with Gasteiger partial charge in [-0.2, -0.15) is 0 Å². The SMILES string of the molecule is CNCC1(CN(C)CC2CC(O)C2)CCC(C)CC1. The predicted octanol–water partition coefficient (Wildman–Crippen LogP) is 2.10. The number of aliphatic hydroxyl groups excluding tert-OH is 1. The molecule has 0 amide bonds. The zero-order chi connectivity index (χ0) is 13.9. The highest BCUT2D eigenvalue weighted by molar-refractivity contribution is 4.90. The molecule has 0 atom stereocenters. The van der Waals surface area contributed by atoms with E-state index in [0.29, 0.717) is 5.41 Å². The van der Waals surface area contributed by atoms with Crippen molar-refractivity contribution in [3.8, 4) is 0 Å². The topological polar surface area (TPSA) is 35.5 Å².